The first-order chi connectivity index (χ1) is 7.20. The Kier molecular flexibility index (Phi) is 5.65. The summed E-state index contributed by atoms with van der Waals surface area (Å²) in [5, 5.41) is 15.1. The van der Waals surface area contributed by atoms with Gasteiger partial charge in [-0.2, -0.15) is 0 Å². The quantitative estimate of drug-likeness (QED) is 0.581. The molecule has 15 heavy (non-hydrogen) atoms. The molecule has 1 saturated heterocycles. The van der Waals surface area contributed by atoms with Crippen LogP contribution in [0.4, 0.5) is 0 Å². The van der Waals surface area contributed by atoms with Gasteiger partial charge in [0, 0.05) is 6.54 Å². The van der Waals surface area contributed by atoms with E-state index in [0.29, 0.717) is 6.54 Å². The molecule has 0 bridgehead atoms. The van der Waals surface area contributed by atoms with E-state index in [1.807, 2.05) is 0 Å². The van der Waals surface area contributed by atoms with Crippen molar-refractivity contribution in [3.8, 4) is 0 Å². The van der Waals surface area contributed by atoms with E-state index < -0.39 is 0 Å². The largest absolute Gasteiger partial charge is 0.393 e. The van der Waals surface area contributed by atoms with Crippen molar-refractivity contribution in [2.75, 3.05) is 13.1 Å². The summed E-state index contributed by atoms with van der Waals surface area (Å²) in [7, 11) is 0. The molecule has 4 nitrogen and oxygen atoms in total. The maximum absolute atomic E-state index is 11.6. The van der Waals surface area contributed by atoms with Gasteiger partial charge in [-0.1, -0.05) is 6.42 Å². The first-order valence-corrected chi connectivity index (χ1v) is 5.89. The average Bonchev–Trinajstić information content (AvgIpc) is 2.25. The third-order valence-electron chi connectivity index (χ3n) is 2.72. The first kappa shape index (κ1) is 12.5. The van der Waals surface area contributed by atoms with Gasteiger partial charge in [-0.25, -0.2) is 0 Å². The van der Waals surface area contributed by atoms with Crippen LogP contribution in [0.15, 0.2) is 0 Å². The number of piperidine rings is 1. The fourth-order valence-corrected chi connectivity index (χ4v) is 1.81. The van der Waals surface area contributed by atoms with Crippen molar-refractivity contribution < 1.29 is 9.90 Å². The molecule has 0 saturated carbocycles. The highest BCUT2D eigenvalue weighted by Gasteiger charge is 2.19. The molecule has 2 unspecified atom stereocenters. The number of nitrogens with one attached hydrogen (secondary N) is 2. The zero-order valence-electron chi connectivity index (χ0n) is 9.46. The van der Waals surface area contributed by atoms with Gasteiger partial charge in [-0.3, -0.25) is 4.79 Å². The van der Waals surface area contributed by atoms with Crippen LogP contribution in [0.3, 0.4) is 0 Å². The molecule has 1 heterocycles. The molecule has 1 rings (SSSR count). The highest BCUT2D eigenvalue weighted by Crippen LogP contribution is 2.06. The fraction of sp³-hybridized carbons (Fsp3) is 0.909. The van der Waals surface area contributed by atoms with Gasteiger partial charge >= 0.3 is 0 Å². The summed E-state index contributed by atoms with van der Waals surface area (Å²) < 4.78 is 0. The average molecular weight is 214 g/mol. The van der Waals surface area contributed by atoms with E-state index in [4.69, 9.17) is 5.11 Å². The summed E-state index contributed by atoms with van der Waals surface area (Å²) in [5.74, 6) is 0.111. The first-order valence-electron chi connectivity index (χ1n) is 5.89. The van der Waals surface area contributed by atoms with Gasteiger partial charge in [-0.05, 0) is 39.2 Å². The minimum atomic E-state index is -0.269. The Morgan fingerprint density at radius 2 is 2.40 bits per heavy atom. The minimum absolute atomic E-state index is 0.00491. The summed E-state index contributed by atoms with van der Waals surface area (Å²) in [5.41, 5.74) is 0. The number of rotatable bonds is 5. The van der Waals surface area contributed by atoms with Gasteiger partial charge in [0.25, 0.3) is 0 Å². The predicted octanol–water partition coefficient (Wildman–Crippen LogP) is 0.406. The molecule has 4 heteroatoms. The van der Waals surface area contributed by atoms with E-state index in [1.165, 1.54) is 6.42 Å². The molecule has 0 aromatic heterocycles. The predicted molar refractivity (Wildman–Crippen MR) is 59.6 cm³/mol. The lowest BCUT2D eigenvalue weighted by Crippen LogP contribution is -2.46. The molecule has 1 amide bonds. The van der Waals surface area contributed by atoms with Crippen LogP contribution in [0.2, 0.25) is 0 Å². The topological polar surface area (TPSA) is 61.4 Å². The Labute approximate surface area is 91.4 Å². The summed E-state index contributed by atoms with van der Waals surface area (Å²) in [6, 6.07) is 0.00491. The summed E-state index contributed by atoms with van der Waals surface area (Å²) >= 11 is 0. The molecule has 2 atom stereocenters. The van der Waals surface area contributed by atoms with Gasteiger partial charge in [0.1, 0.15) is 0 Å². The Hall–Kier alpha value is -0.610. The number of hydrogen-bond donors (Lipinski definition) is 3. The summed E-state index contributed by atoms with van der Waals surface area (Å²) in [4.78, 5) is 11.6. The Morgan fingerprint density at radius 1 is 1.60 bits per heavy atom. The monoisotopic (exact) mass is 214 g/mol. The molecule has 1 aliphatic heterocycles. The van der Waals surface area contributed by atoms with E-state index in [2.05, 4.69) is 10.6 Å². The lowest BCUT2D eigenvalue weighted by molar-refractivity contribution is -0.123. The van der Waals surface area contributed by atoms with Crippen LogP contribution in [-0.2, 0) is 4.79 Å². The molecule has 0 aliphatic carbocycles. The number of aliphatic hydroxyl groups is 1. The van der Waals surface area contributed by atoms with Crippen LogP contribution >= 0.6 is 0 Å². The zero-order valence-corrected chi connectivity index (χ0v) is 9.46. The van der Waals surface area contributed by atoms with Crippen LogP contribution in [0.1, 0.15) is 39.0 Å². The smallest absolute Gasteiger partial charge is 0.237 e. The van der Waals surface area contributed by atoms with Crippen molar-refractivity contribution in [3.05, 3.63) is 0 Å². The van der Waals surface area contributed by atoms with Gasteiger partial charge in [-0.15, -0.1) is 0 Å². The Bertz CT molecular complexity index is 189. The third kappa shape index (κ3) is 5.14. The second-order valence-corrected chi connectivity index (χ2v) is 4.28. The van der Waals surface area contributed by atoms with Gasteiger partial charge in [0.05, 0.1) is 12.1 Å². The van der Waals surface area contributed by atoms with Crippen LogP contribution in [-0.4, -0.2) is 36.2 Å². The molecule has 1 fully saturated rings. The van der Waals surface area contributed by atoms with Crippen molar-refractivity contribution in [1.82, 2.24) is 10.6 Å². The van der Waals surface area contributed by atoms with Crippen LogP contribution in [0, 0.1) is 0 Å². The molecule has 0 radical (unpaired) electrons. The van der Waals surface area contributed by atoms with Crippen molar-refractivity contribution >= 4 is 5.91 Å². The second-order valence-electron chi connectivity index (χ2n) is 4.28. The second kappa shape index (κ2) is 6.80. The van der Waals surface area contributed by atoms with Crippen molar-refractivity contribution in [2.45, 2.75) is 51.2 Å². The van der Waals surface area contributed by atoms with E-state index in [1.54, 1.807) is 6.92 Å². The number of aliphatic hydroxyl groups excluding tert-OH is 1. The standard InChI is InChI=1S/C11H22N2O2/c1-9(14)5-4-8-13-11(15)10-6-2-3-7-12-10/h9-10,12,14H,2-8H2,1H3,(H,13,15). The molecule has 0 aromatic rings. The van der Waals surface area contributed by atoms with E-state index in [-0.39, 0.29) is 18.1 Å². The van der Waals surface area contributed by atoms with E-state index >= 15 is 0 Å². The van der Waals surface area contributed by atoms with Crippen molar-refractivity contribution in [2.24, 2.45) is 0 Å². The summed E-state index contributed by atoms with van der Waals surface area (Å²) in [6.07, 6.45) is 4.58. The summed E-state index contributed by atoms with van der Waals surface area (Å²) in [6.45, 7) is 3.39. The number of amides is 1. The molecular formula is C11H22N2O2. The van der Waals surface area contributed by atoms with Crippen LogP contribution in [0.5, 0.6) is 0 Å². The Balaban J connectivity index is 2.07. The fourth-order valence-electron chi connectivity index (χ4n) is 1.81. The van der Waals surface area contributed by atoms with E-state index in [0.717, 1.165) is 32.2 Å². The number of carbonyl (C=O) groups excluding carboxylic acids is 1. The minimum Gasteiger partial charge on any atom is -0.393 e. The van der Waals surface area contributed by atoms with Gasteiger partial charge in [0.15, 0.2) is 0 Å². The maximum atomic E-state index is 11.6. The SMILES string of the molecule is CC(O)CCCNC(=O)C1CCCCN1. The van der Waals surface area contributed by atoms with Crippen LogP contribution in [0.25, 0.3) is 0 Å². The highest BCUT2D eigenvalue weighted by atomic mass is 16.3. The molecular weight excluding hydrogens is 192 g/mol. The lowest BCUT2D eigenvalue weighted by Gasteiger charge is -2.22. The molecule has 0 spiro atoms. The Morgan fingerprint density at radius 3 is 3.00 bits per heavy atom. The van der Waals surface area contributed by atoms with Crippen LogP contribution < -0.4 is 10.6 Å². The van der Waals surface area contributed by atoms with Gasteiger partial charge < -0.3 is 15.7 Å². The molecule has 3 N–H and O–H groups in total. The molecule has 0 aromatic carbocycles. The van der Waals surface area contributed by atoms with Crippen molar-refractivity contribution in [1.29, 1.82) is 0 Å². The lowest BCUT2D eigenvalue weighted by atomic mass is 10.0. The van der Waals surface area contributed by atoms with Crippen molar-refractivity contribution in [3.63, 3.8) is 0 Å². The maximum Gasteiger partial charge on any atom is 0.237 e. The number of carbonyl (C=O) groups is 1. The third-order valence-corrected chi connectivity index (χ3v) is 2.72. The zero-order chi connectivity index (χ0) is 11.1. The number of hydrogen-bond acceptors (Lipinski definition) is 3. The van der Waals surface area contributed by atoms with Gasteiger partial charge in [0.2, 0.25) is 5.91 Å². The normalized spacial score (nSPS) is 23.5. The highest BCUT2D eigenvalue weighted by molar-refractivity contribution is 5.81. The van der Waals surface area contributed by atoms with E-state index in [9.17, 15) is 4.79 Å². The molecule has 1 aliphatic rings. The molecule has 88 valence electrons.